The Balaban J connectivity index is 2.72. The molecule has 1 heterocycles. The summed E-state index contributed by atoms with van der Waals surface area (Å²) in [5.41, 5.74) is 3.01. The maximum absolute atomic E-state index is 8.42. The van der Waals surface area contributed by atoms with Crippen molar-refractivity contribution >= 4 is 0 Å². The SMILES string of the molecule is Cc1cc(C)nc(COCO)c1. The van der Waals surface area contributed by atoms with Crippen LogP contribution in [0, 0.1) is 13.8 Å². The lowest BCUT2D eigenvalue weighted by Gasteiger charge is -2.02. The van der Waals surface area contributed by atoms with Crippen molar-refractivity contribution < 1.29 is 9.84 Å². The highest BCUT2D eigenvalue weighted by Crippen LogP contribution is 2.04. The average Bonchev–Trinajstić information content (AvgIpc) is 1.99. The summed E-state index contributed by atoms with van der Waals surface area (Å²) in [5, 5.41) is 8.42. The highest BCUT2D eigenvalue weighted by Gasteiger charge is 1.96. The van der Waals surface area contributed by atoms with Gasteiger partial charge in [-0.1, -0.05) is 0 Å². The molecule has 1 N–H and O–H groups in total. The van der Waals surface area contributed by atoms with Gasteiger partial charge in [0.1, 0.15) is 6.79 Å². The van der Waals surface area contributed by atoms with Crippen LogP contribution in [0.25, 0.3) is 0 Å². The van der Waals surface area contributed by atoms with Crippen LogP contribution in [0.4, 0.5) is 0 Å². The molecule has 0 unspecified atom stereocenters. The number of aliphatic hydroxyl groups is 1. The molecule has 0 saturated carbocycles. The molecule has 3 heteroatoms. The summed E-state index contributed by atoms with van der Waals surface area (Å²) in [6.07, 6.45) is 0. The van der Waals surface area contributed by atoms with Gasteiger partial charge in [-0.15, -0.1) is 0 Å². The quantitative estimate of drug-likeness (QED) is 0.687. The van der Waals surface area contributed by atoms with E-state index in [9.17, 15) is 0 Å². The minimum Gasteiger partial charge on any atom is -0.371 e. The Labute approximate surface area is 72.0 Å². The lowest BCUT2D eigenvalue weighted by molar-refractivity contribution is -0.0125. The van der Waals surface area contributed by atoms with E-state index in [1.807, 2.05) is 26.0 Å². The standard InChI is InChI=1S/C9H13NO2/c1-7-3-8(2)10-9(4-7)5-12-6-11/h3-4,11H,5-6H2,1-2H3. The van der Waals surface area contributed by atoms with E-state index in [0.717, 1.165) is 11.4 Å². The van der Waals surface area contributed by atoms with E-state index >= 15 is 0 Å². The summed E-state index contributed by atoms with van der Waals surface area (Å²) in [4.78, 5) is 4.24. The summed E-state index contributed by atoms with van der Waals surface area (Å²) in [6.45, 7) is 4.07. The van der Waals surface area contributed by atoms with Crippen molar-refractivity contribution in [2.24, 2.45) is 0 Å². The molecule has 0 radical (unpaired) electrons. The number of hydrogen-bond acceptors (Lipinski definition) is 3. The van der Waals surface area contributed by atoms with Crippen LogP contribution in [-0.2, 0) is 11.3 Å². The van der Waals surface area contributed by atoms with Crippen LogP contribution in [0.3, 0.4) is 0 Å². The largest absolute Gasteiger partial charge is 0.371 e. The van der Waals surface area contributed by atoms with Crippen molar-refractivity contribution in [3.05, 3.63) is 29.1 Å². The highest BCUT2D eigenvalue weighted by molar-refractivity contribution is 5.18. The first-order valence-electron chi connectivity index (χ1n) is 3.85. The topological polar surface area (TPSA) is 42.4 Å². The maximum Gasteiger partial charge on any atom is 0.144 e. The van der Waals surface area contributed by atoms with Crippen molar-refractivity contribution in [1.82, 2.24) is 4.98 Å². The zero-order valence-corrected chi connectivity index (χ0v) is 7.37. The van der Waals surface area contributed by atoms with Crippen molar-refractivity contribution in [2.75, 3.05) is 6.79 Å². The smallest absolute Gasteiger partial charge is 0.144 e. The monoisotopic (exact) mass is 167 g/mol. The predicted molar refractivity (Wildman–Crippen MR) is 45.6 cm³/mol. The Morgan fingerprint density at radius 1 is 1.42 bits per heavy atom. The number of aryl methyl sites for hydroxylation is 2. The second kappa shape index (κ2) is 4.18. The number of pyridine rings is 1. The summed E-state index contributed by atoms with van der Waals surface area (Å²) < 4.78 is 4.82. The van der Waals surface area contributed by atoms with Gasteiger partial charge < -0.3 is 9.84 Å². The number of rotatable bonds is 3. The summed E-state index contributed by atoms with van der Waals surface area (Å²) >= 11 is 0. The Kier molecular flexibility index (Phi) is 3.19. The first kappa shape index (κ1) is 9.16. The highest BCUT2D eigenvalue weighted by atomic mass is 16.6. The van der Waals surface area contributed by atoms with E-state index in [2.05, 4.69) is 4.98 Å². The van der Waals surface area contributed by atoms with Gasteiger partial charge in [0, 0.05) is 5.69 Å². The molecule has 0 amide bonds. The molecule has 1 aromatic rings. The maximum atomic E-state index is 8.42. The molecule has 66 valence electrons. The van der Waals surface area contributed by atoms with Crippen LogP contribution < -0.4 is 0 Å². The fourth-order valence-corrected chi connectivity index (χ4v) is 1.15. The first-order valence-corrected chi connectivity index (χ1v) is 3.85. The van der Waals surface area contributed by atoms with E-state index < -0.39 is 0 Å². The van der Waals surface area contributed by atoms with Gasteiger partial charge in [0.15, 0.2) is 0 Å². The molecule has 3 nitrogen and oxygen atoms in total. The van der Waals surface area contributed by atoms with Gasteiger partial charge >= 0.3 is 0 Å². The molecule has 0 saturated heterocycles. The molecular formula is C9H13NO2. The molecule has 1 aromatic heterocycles. The second-order valence-corrected chi connectivity index (χ2v) is 2.75. The van der Waals surface area contributed by atoms with Gasteiger partial charge in [-0.2, -0.15) is 0 Å². The van der Waals surface area contributed by atoms with Crippen molar-refractivity contribution in [1.29, 1.82) is 0 Å². The molecule has 0 atom stereocenters. The van der Waals surface area contributed by atoms with Gasteiger partial charge in [0.2, 0.25) is 0 Å². The lowest BCUT2D eigenvalue weighted by Crippen LogP contribution is -1.98. The van der Waals surface area contributed by atoms with Crippen molar-refractivity contribution in [3.8, 4) is 0 Å². The minimum atomic E-state index is -0.255. The molecule has 0 bridgehead atoms. The number of aromatic nitrogens is 1. The Hall–Kier alpha value is -0.930. The van der Waals surface area contributed by atoms with Crippen LogP contribution in [0.5, 0.6) is 0 Å². The van der Waals surface area contributed by atoms with Crippen molar-refractivity contribution in [2.45, 2.75) is 20.5 Å². The van der Waals surface area contributed by atoms with Gasteiger partial charge in [-0.25, -0.2) is 0 Å². The van der Waals surface area contributed by atoms with Crippen LogP contribution in [0.2, 0.25) is 0 Å². The Morgan fingerprint density at radius 3 is 2.75 bits per heavy atom. The molecule has 0 aliphatic heterocycles. The van der Waals surface area contributed by atoms with E-state index in [1.165, 1.54) is 5.56 Å². The van der Waals surface area contributed by atoms with Crippen LogP contribution in [-0.4, -0.2) is 16.9 Å². The van der Waals surface area contributed by atoms with E-state index in [4.69, 9.17) is 9.84 Å². The number of hydrogen-bond donors (Lipinski definition) is 1. The van der Waals surface area contributed by atoms with E-state index in [1.54, 1.807) is 0 Å². The lowest BCUT2D eigenvalue weighted by atomic mass is 10.2. The minimum absolute atomic E-state index is 0.255. The zero-order valence-electron chi connectivity index (χ0n) is 7.37. The fraction of sp³-hybridized carbons (Fsp3) is 0.444. The van der Waals surface area contributed by atoms with E-state index in [0.29, 0.717) is 6.61 Å². The summed E-state index contributed by atoms with van der Waals surface area (Å²) in [6, 6.07) is 3.95. The normalized spacial score (nSPS) is 10.2. The second-order valence-electron chi connectivity index (χ2n) is 2.75. The first-order chi connectivity index (χ1) is 5.72. The fourth-order valence-electron chi connectivity index (χ4n) is 1.15. The number of nitrogens with zero attached hydrogens (tertiary/aromatic N) is 1. The number of aliphatic hydroxyl groups excluding tert-OH is 1. The molecule has 0 spiro atoms. The average molecular weight is 167 g/mol. The van der Waals surface area contributed by atoms with Gasteiger partial charge in [0.25, 0.3) is 0 Å². The third-order valence-corrected chi connectivity index (χ3v) is 1.49. The zero-order chi connectivity index (χ0) is 8.97. The molecule has 12 heavy (non-hydrogen) atoms. The molecule has 0 aliphatic carbocycles. The molecule has 0 aliphatic rings. The molecule has 1 rings (SSSR count). The third kappa shape index (κ3) is 2.60. The Morgan fingerprint density at radius 2 is 2.17 bits per heavy atom. The van der Waals surface area contributed by atoms with Gasteiger partial charge in [0.05, 0.1) is 12.3 Å². The predicted octanol–water partition coefficient (Wildman–Crippen LogP) is 1.16. The molecule has 0 aromatic carbocycles. The Bertz CT molecular complexity index is 240. The number of ether oxygens (including phenoxy) is 1. The third-order valence-electron chi connectivity index (χ3n) is 1.49. The molecular weight excluding hydrogens is 154 g/mol. The molecule has 0 fully saturated rings. The van der Waals surface area contributed by atoms with E-state index in [-0.39, 0.29) is 6.79 Å². The van der Waals surface area contributed by atoms with Crippen LogP contribution in [0.1, 0.15) is 17.0 Å². The van der Waals surface area contributed by atoms with Crippen molar-refractivity contribution in [3.63, 3.8) is 0 Å². The van der Waals surface area contributed by atoms with Crippen LogP contribution in [0.15, 0.2) is 12.1 Å². The summed E-state index contributed by atoms with van der Waals surface area (Å²) in [7, 11) is 0. The van der Waals surface area contributed by atoms with Crippen LogP contribution >= 0.6 is 0 Å². The van der Waals surface area contributed by atoms with Gasteiger partial charge in [-0.3, -0.25) is 4.98 Å². The van der Waals surface area contributed by atoms with Gasteiger partial charge in [-0.05, 0) is 31.5 Å². The summed E-state index contributed by atoms with van der Waals surface area (Å²) in [5.74, 6) is 0.